The van der Waals surface area contributed by atoms with Gasteiger partial charge in [0.05, 0.1) is 7.11 Å². The summed E-state index contributed by atoms with van der Waals surface area (Å²) in [5.41, 5.74) is 0. The third-order valence-corrected chi connectivity index (χ3v) is 3.22. The van der Waals surface area contributed by atoms with Gasteiger partial charge >= 0.3 is 5.97 Å². The van der Waals surface area contributed by atoms with Crippen molar-refractivity contribution in [3.05, 3.63) is 0 Å². The second-order valence-corrected chi connectivity index (χ2v) is 5.00. The maximum absolute atomic E-state index is 10.9. The first-order valence-electron chi connectivity index (χ1n) is 6.72. The van der Waals surface area contributed by atoms with Gasteiger partial charge in [-0.2, -0.15) is 0 Å². The molecule has 1 aliphatic heterocycles. The molecular weight excluding hydrogens is 216 g/mol. The number of hydrogen-bond acceptors (Lipinski definition) is 4. The minimum Gasteiger partial charge on any atom is -0.469 e. The predicted molar refractivity (Wildman–Crippen MR) is 69.0 cm³/mol. The van der Waals surface area contributed by atoms with Gasteiger partial charge in [0.15, 0.2) is 0 Å². The van der Waals surface area contributed by atoms with Gasteiger partial charge < -0.3 is 15.0 Å². The van der Waals surface area contributed by atoms with Gasteiger partial charge in [0, 0.05) is 13.0 Å². The van der Waals surface area contributed by atoms with E-state index in [0.717, 1.165) is 19.5 Å². The summed E-state index contributed by atoms with van der Waals surface area (Å²) in [4.78, 5) is 13.4. The summed E-state index contributed by atoms with van der Waals surface area (Å²) in [6.07, 6.45) is 4.10. The Morgan fingerprint density at radius 2 is 2.12 bits per heavy atom. The van der Waals surface area contributed by atoms with Crippen LogP contribution in [0.5, 0.6) is 0 Å². The topological polar surface area (TPSA) is 41.6 Å². The third-order valence-electron chi connectivity index (χ3n) is 3.22. The van der Waals surface area contributed by atoms with E-state index in [0.29, 0.717) is 12.3 Å². The van der Waals surface area contributed by atoms with Crippen LogP contribution >= 0.6 is 0 Å². The van der Waals surface area contributed by atoms with E-state index in [2.05, 4.69) is 21.9 Å². The van der Waals surface area contributed by atoms with Crippen molar-refractivity contribution < 1.29 is 9.53 Å². The molecule has 1 N–H and O–H groups in total. The average Bonchev–Trinajstić information content (AvgIpc) is 2.81. The average molecular weight is 242 g/mol. The molecule has 0 aromatic rings. The van der Waals surface area contributed by atoms with E-state index in [1.807, 2.05) is 0 Å². The first kappa shape index (κ1) is 14.5. The maximum Gasteiger partial charge on any atom is 0.305 e. The van der Waals surface area contributed by atoms with Crippen molar-refractivity contribution in [3.8, 4) is 0 Å². The summed E-state index contributed by atoms with van der Waals surface area (Å²) >= 11 is 0. The Hall–Kier alpha value is -0.610. The molecule has 0 saturated carbocycles. The molecule has 0 aromatic carbocycles. The third kappa shape index (κ3) is 6.64. The Bertz CT molecular complexity index is 215. The molecule has 4 heteroatoms. The zero-order valence-corrected chi connectivity index (χ0v) is 11.2. The van der Waals surface area contributed by atoms with Crippen LogP contribution in [0.15, 0.2) is 0 Å². The summed E-state index contributed by atoms with van der Waals surface area (Å²) in [7, 11) is 1.44. The van der Waals surface area contributed by atoms with Crippen LogP contribution in [-0.2, 0) is 9.53 Å². The van der Waals surface area contributed by atoms with Gasteiger partial charge in [0.25, 0.3) is 0 Å². The lowest BCUT2D eigenvalue weighted by Gasteiger charge is -2.20. The molecule has 1 atom stereocenters. The molecule has 0 radical (unpaired) electrons. The van der Waals surface area contributed by atoms with Crippen LogP contribution in [0.25, 0.3) is 0 Å². The normalized spacial score (nSPS) is 18.2. The molecule has 1 aliphatic rings. The quantitative estimate of drug-likeness (QED) is 0.514. The minimum absolute atomic E-state index is 0.114. The number of methoxy groups -OCH3 is 1. The Labute approximate surface area is 105 Å². The second kappa shape index (κ2) is 8.48. The SMILES string of the molecule is COC(=O)CCCNCC(C)CN1CCCC1. The summed E-state index contributed by atoms with van der Waals surface area (Å²) in [5.74, 6) is 0.572. The Morgan fingerprint density at radius 3 is 2.76 bits per heavy atom. The van der Waals surface area contributed by atoms with Crippen LogP contribution in [0.2, 0.25) is 0 Å². The van der Waals surface area contributed by atoms with Crippen molar-refractivity contribution >= 4 is 5.97 Å². The summed E-state index contributed by atoms with van der Waals surface area (Å²) in [6.45, 7) is 7.96. The number of ether oxygens (including phenoxy) is 1. The molecule has 100 valence electrons. The van der Waals surface area contributed by atoms with Gasteiger partial charge in [-0.1, -0.05) is 6.92 Å². The van der Waals surface area contributed by atoms with E-state index in [9.17, 15) is 4.79 Å². The number of rotatable bonds is 8. The highest BCUT2D eigenvalue weighted by molar-refractivity contribution is 5.69. The molecule has 0 aromatic heterocycles. The Kier molecular flexibility index (Phi) is 7.21. The Morgan fingerprint density at radius 1 is 1.41 bits per heavy atom. The molecular formula is C13H26N2O2. The molecule has 1 rings (SSSR count). The molecule has 17 heavy (non-hydrogen) atoms. The fourth-order valence-corrected chi connectivity index (χ4v) is 2.28. The lowest BCUT2D eigenvalue weighted by molar-refractivity contribution is -0.140. The molecule has 1 heterocycles. The molecule has 1 saturated heterocycles. The van der Waals surface area contributed by atoms with Crippen LogP contribution in [-0.4, -0.2) is 50.7 Å². The zero-order valence-electron chi connectivity index (χ0n) is 11.2. The number of carbonyl (C=O) groups excluding carboxylic acids is 1. The van der Waals surface area contributed by atoms with Crippen molar-refractivity contribution in [2.24, 2.45) is 5.92 Å². The van der Waals surface area contributed by atoms with Gasteiger partial charge in [0.2, 0.25) is 0 Å². The van der Waals surface area contributed by atoms with Gasteiger partial charge in [-0.05, 0) is 51.4 Å². The fraction of sp³-hybridized carbons (Fsp3) is 0.923. The Balaban J connectivity index is 1.92. The molecule has 0 bridgehead atoms. The van der Waals surface area contributed by atoms with Gasteiger partial charge in [-0.3, -0.25) is 4.79 Å². The van der Waals surface area contributed by atoms with Crippen LogP contribution in [0.3, 0.4) is 0 Å². The molecule has 1 fully saturated rings. The molecule has 4 nitrogen and oxygen atoms in total. The molecule has 0 aliphatic carbocycles. The number of esters is 1. The van der Waals surface area contributed by atoms with Crippen molar-refractivity contribution in [1.29, 1.82) is 0 Å². The maximum atomic E-state index is 10.9. The highest BCUT2D eigenvalue weighted by atomic mass is 16.5. The minimum atomic E-state index is -0.114. The number of nitrogens with zero attached hydrogens (tertiary/aromatic N) is 1. The molecule has 0 spiro atoms. The number of hydrogen-bond donors (Lipinski definition) is 1. The largest absolute Gasteiger partial charge is 0.469 e. The molecule has 1 unspecified atom stereocenters. The van der Waals surface area contributed by atoms with E-state index < -0.39 is 0 Å². The lowest BCUT2D eigenvalue weighted by atomic mass is 10.1. The molecule has 0 amide bonds. The predicted octanol–water partition coefficient (Wildman–Crippen LogP) is 1.26. The smallest absolute Gasteiger partial charge is 0.305 e. The lowest BCUT2D eigenvalue weighted by Crippen LogP contribution is -2.32. The van der Waals surface area contributed by atoms with Gasteiger partial charge in [-0.15, -0.1) is 0 Å². The van der Waals surface area contributed by atoms with E-state index in [-0.39, 0.29) is 5.97 Å². The van der Waals surface area contributed by atoms with Gasteiger partial charge in [0.1, 0.15) is 0 Å². The van der Waals surface area contributed by atoms with Crippen molar-refractivity contribution in [2.75, 3.05) is 39.8 Å². The second-order valence-electron chi connectivity index (χ2n) is 5.00. The van der Waals surface area contributed by atoms with Crippen LogP contribution in [0.4, 0.5) is 0 Å². The summed E-state index contributed by atoms with van der Waals surface area (Å²) in [6, 6.07) is 0. The summed E-state index contributed by atoms with van der Waals surface area (Å²) < 4.78 is 4.59. The highest BCUT2D eigenvalue weighted by Crippen LogP contribution is 2.09. The van der Waals surface area contributed by atoms with Crippen molar-refractivity contribution in [2.45, 2.75) is 32.6 Å². The van der Waals surface area contributed by atoms with E-state index in [1.165, 1.54) is 39.6 Å². The highest BCUT2D eigenvalue weighted by Gasteiger charge is 2.14. The van der Waals surface area contributed by atoms with Crippen LogP contribution < -0.4 is 5.32 Å². The standard InChI is InChI=1S/C13H26N2O2/c1-12(11-15-8-3-4-9-15)10-14-7-5-6-13(16)17-2/h12,14H,3-11H2,1-2H3. The van der Waals surface area contributed by atoms with E-state index in [1.54, 1.807) is 0 Å². The van der Waals surface area contributed by atoms with Crippen LogP contribution in [0, 0.1) is 5.92 Å². The monoisotopic (exact) mass is 242 g/mol. The summed E-state index contributed by atoms with van der Waals surface area (Å²) in [5, 5.41) is 3.40. The van der Waals surface area contributed by atoms with Crippen molar-refractivity contribution in [1.82, 2.24) is 10.2 Å². The number of carbonyl (C=O) groups is 1. The fourth-order valence-electron chi connectivity index (χ4n) is 2.28. The first-order chi connectivity index (χ1) is 8.22. The van der Waals surface area contributed by atoms with Crippen LogP contribution in [0.1, 0.15) is 32.6 Å². The van der Waals surface area contributed by atoms with Gasteiger partial charge in [-0.25, -0.2) is 0 Å². The number of likely N-dealkylation sites (tertiary alicyclic amines) is 1. The van der Waals surface area contributed by atoms with Crippen molar-refractivity contribution in [3.63, 3.8) is 0 Å². The first-order valence-corrected chi connectivity index (χ1v) is 6.72. The van der Waals surface area contributed by atoms with E-state index in [4.69, 9.17) is 0 Å². The van der Waals surface area contributed by atoms with E-state index >= 15 is 0 Å². The number of nitrogens with one attached hydrogen (secondary N) is 1. The zero-order chi connectivity index (χ0) is 12.5.